The van der Waals surface area contributed by atoms with Crippen molar-refractivity contribution in [3.63, 3.8) is 0 Å². The Morgan fingerprint density at radius 2 is 2.10 bits per heavy atom. The summed E-state index contributed by atoms with van der Waals surface area (Å²) in [6.07, 6.45) is 0. The molecule has 0 aromatic heterocycles. The van der Waals surface area contributed by atoms with Gasteiger partial charge in [0.05, 0.1) is 20.6 Å². The fourth-order valence-electron chi connectivity index (χ4n) is 0.664. The van der Waals surface area contributed by atoms with Crippen molar-refractivity contribution in [2.45, 2.75) is 6.92 Å². The largest absolute Gasteiger partial charge is 0.287 e. The molecule has 0 saturated heterocycles. The molecule has 0 atom stereocenters. The minimum atomic E-state index is 0.548. The Labute approximate surface area is 67.2 Å². The molecule has 0 fully saturated rings. The van der Waals surface area contributed by atoms with Crippen molar-refractivity contribution in [2.24, 2.45) is 0 Å². The average Bonchev–Trinajstić information content (AvgIpc) is 1.81. The number of hydrogen-bond donors (Lipinski definition) is 1. The molecular formula is C7H14ClN2+. The Kier molecular flexibility index (Phi) is 4.12. The van der Waals surface area contributed by atoms with Gasteiger partial charge < -0.3 is 0 Å². The zero-order valence-electron chi connectivity index (χ0n) is 6.74. The van der Waals surface area contributed by atoms with E-state index in [1.165, 1.54) is 0 Å². The third kappa shape index (κ3) is 2.87. The molecule has 0 heterocycles. The molecule has 58 valence electrons. The second-order valence-electron chi connectivity index (χ2n) is 2.18. The topological polar surface area (TPSA) is 15.0 Å². The molecule has 0 amide bonds. The molecule has 0 rings (SSSR count). The van der Waals surface area contributed by atoms with Gasteiger partial charge in [-0.3, -0.25) is 9.89 Å². The summed E-state index contributed by atoms with van der Waals surface area (Å²) in [5.41, 5.74) is 0. The van der Waals surface area contributed by atoms with Crippen molar-refractivity contribution >= 4 is 17.4 Å². The molecule has 0 aliphatic rings. The van der Waals surface area contributed by atoms with Crippen molar-refractivity contribution < 1.29 is 4.58 Å². The van der Waals surface area contributed by atoms with Crippen LogP contribution >= 0.6 is 11.6 Å². The molecule has 0 bridgehead atoms. The molecule has 10 heavy (non-hydrogen) atoms. The number of nitrogens with zero attached hydrogens (tertiary/aromatic N) is 1. The van der Waals surface area contributed by atoms with Crippen LogP contribution in [0.1, 0.15) is 6.92 Å². The fourth-order valence-corrected chi connectivity index (χ4v) is 0.900. The second kappa shape index (κ2) is 4.34. The highest BCUT2D eigenvalue weighted by Crippen LogP contribution is 1.96. The molecule has 0 saturated carbocycles. The van der Waals surface area contributed by atoms with E-state index in [9.17, 15) is 0 Å². The molecule has 0 aromatic rings. The number of hydrogen-bond acceptors (Lipinski definition) is 0. The van der Waals surface area contributed by atoms with Gasteiger partial charge in [-0.25, -0.2) is 0 Å². The molecule has 2 nitrogen and oxygen atoms in total. The third-order valence-electron chi connectivity index (χ3n) is 1.05. The molecule has 0 unspecified atom stereocenters. The van der Waals surface area contributed by atoms with Gasteiger partial charge in [0.1, 0.15) is 5.03 Å². The summed E-state index contributed by atoms with van der Waals surface area (Å²) in [5, 5.41) is 3.64. The number of likely N-dealkylation sites (N-methyl/N-ethyl adjacent to an activating group) is 1. The highest BCUT2D eigenvalue weighted by molar-refractivity contribution is 6.41. The van der Waals surface area contributed by atoms with E-state index in [4.69, 9.17) is 11.6 Å². The first-order chi connectivity index (χ1) is 4.59. The Morgan fingerprint density at radius 1 is 1.60 bits per heavy atom. The summed E-state index contributed by atoms with van der Waals surface area (Å²) in [6.45, 7) is 6.50. The Morgan fingerprint density at radius 3 is 2.20 bits per heavy atom. The maximum Gasteiger partial charge on any atom is 0.287 e. The van der Waals surface area contributed by atoms with E-state index in [-0.39, 0.29) is 0 Å². The Balaban J connectivity index is 4.28. The van der Waals surface area contributed by atoms with E-state index in [1.54, 1.807) is 0 Å². The van der Waals surface area contributed by atoms with Gasteiger partial charge in [0.2, 0.25) is 0 Å². The summed E-state index contributed by atoms with van der Waals surface area (Å²) in [7, 11) is 3.84. The van der Waals surface area contributed by atoms with Crippen LogP contribution in [0.15, 0.2) is 11.6 Å². The van der Waals surface area contributed by atoms with Crippen LogP contribution in [0.3, 0.4) is 0 Å². The predicted octanol–water partition coefficient (Wildman–Crippen LogP) is 1.02. The van der Waals surface area contributed by atoms with Crippen LogP contribution in [0.25, 0.3) is 0 Å². The van der Waals surface area contributed by atoms with E-state index < -0.39 is 0 Å². The minimum absolute atomic E-state index is 0.548. The number of halogens is 1. The van der Waals surface area contributed by atoms with Gasteiger partial charge in [-0.15, -0.1) is 0 Å². The third-order valence-corrected chi connectivity index (χ3v) is 1.23. The molecular weight excluding hydrogens is 148 g/mol. The maximum absolute atomic E-state index is 5.68. The van der Waals surface area contributed by atoms with Crippen LogP contribution in [0.2, 0.25) is 0 Å². The van der Waals surface area contributed by atoms with E-state index >= 15 is 0 Å². The number of rotatable bonds is 2. The van der Waals surface area contributed by atoms with Crippen LogP contribution in [0.5, 0.6) is 0 Å². The first-order valence-electron chi connectivity index (χ1n) is 3.22. The Bertz CT molecular complexity index is 157. The molecule has 0 aromatic carbocycles. The normalized spacial score (nSPS) is 8.80. The molecule has 0 radical (unpaired) electrons. The monoisotopic (exact) mass is 161 g/mol. The van der Waals surface area contributed by atoms with E-state index in [0.717, 1.165) is 12.4 Å². The van der Waals surface area contributed by atoms with Crippen LogP contribution in [-0.4, -0.2) is 31.1 Å². The SMILES string of the molecule is C=C(Cl)C(NCC)=[N+](C)C. The van der Waals surface area contributed by atoms with Gasteiger partial charge in [-0.2, -0.15) is 0 Å². The highest BCUT2D eigenvalue weighted by Gasteiger charge is 2.07. The van der Waals surface area contributed by atoms with Crippen LogP contribution in [-0.2, 0) is 0 Å². The average molecular weight is 162 g/mol. The van der Waals surface area contributed by atoms with Crippen LogP contribution in [0, 0.1) is 0 Å². The summed E-state index contributed by atoms with van der Waals surface area (Å²) < 4.78 is 1.90. The zero-order valence-corrected chi connectivity index (χ0v) is 7.50. The van der Waals surface area contributed by atoms with Gasteiger partial charge in [-0.1, -0.05) is 18.2 Å². The summed E-state index contributed by atoms with van der Waals surface area (Å²) in [4.78, 5) is 0. The van der Waals surface area contributed by atoms with Gasteiger partial charge in [-0.05, 0) is 6.92 Å². The van der Waals surface area contributed by atoms with Crippen molar-refractivity contribution in [1.29, 1.82) is 0 Å². The lowest BCUT2D eigenvalue weighted by molar-refractivity contribution is -0.465. The van der Waals surface area contributed by atoms with Gasteiger partial charge in [0.15, 0.2) is 0 Å². The van der Waals surface area contributed by atoms with Crippen molar-refractivity contribution in [3.05, 3.63) is 11.6 Å². The first kappa shape index (κ1) is 9.50. The molecule has 0 aliphatic carbocycles. The molecule has 3 heteroatoms. The van der Waals surface area contributed by atoms with Gasteiger partial charge in [0.25, 0.3) is 5.84 Å². The van der Waals surface area contributed by atoms with E-state index in [1.807, 2.05) is 25.6 Å². The predicted molar refractivity (Wildman–Crippen MR) is 45.8 cm³/mol. The molecule has 0 aliphatic heterocycles. The second-order valence-corrected chi connectivity index (χ2v) is 2.63. The first-order valence-corrected chi connectivity index (χ1v) is 3.60. The fraction of sp³-hybridized carbons (Fsp3) is 0.571. The zero-order chi connectivity index (χ0) is 8.15. The standard InChI is InChI=1S/C7H13ClN2/c1-5-9-7(6(2)8)10(3)4/h2,5H2,1,3-4H3/p+1. The smallest absolute Gasteiger partial charge is 0.274 e. The number of nitrogens with one attached hydrogen (secondary N) is 1. The van der Waals surface area contributed by atoms with Crippen molar-refractivity contribution in [2.75, 3.05) is 20.6 Å². The lowest BCUT2D eigenvalue weighted by atomic mass is 10.5. The quantitative estimate of drug-likeness (QED) is 0.363. The van der Waals surface area contributed by atoms with Crippen molar-refractivity contribution in [3.8, 4) is 0 Å². The van der Waals surface area contributed by atoms with Crippen LogP contribution in [0.4, 0.5) is 0 Å². The van der Waals surface area contributed by atoms with Crippen LogP contribution < -0.4 is 5.32 Å². The Hall–Kier alpha value is -0.500. The lowest BCUT2D eigenvalue weighted by Gasteiger charge is -2.00. The van der Waals surface area contributed by atoms with Crippen molar-refractivity contribution in [1.82, 2.24) is 5.32 Å². The highest BCUT2D eigenvalue weighted by atomic mass is 35.5. The minimum Gasteiger partial charge on any atom is -0.274 e. The number of amidine groups is 1. The molecule has 0 spiro atoms. The summed E-state index contributed by atoms with van der Waals surface area (Å²) >= 11 is 5.68. The molecule has 1 N–H and O–H groups in total. The summed E-state index contributed by atoms with van der Waals surface area (Å²) in [5.74, 6) is 0.879. The maximum atomic E-state index is 5.68. The van der Waals surface area contributed by atoms with Gasteiger partial charge >= 0.3 is 0 Å². The summed E-state index contributed by atoms with van der Waals surface area (Å²) in [6, 6.07) is 0. The van der Waals surface area contributed by atoms with Gasteiger partial charge in [0, 0.05) is 0 Å². The van der Waals surface area contributed by atoms with E-state index in [2.05, 4.69) is 11.9 Å². The lowest BCUT2D eigenvalue weighted by Crippen LogP contribution is -2.30. The van der Waals surface area contributed by atoms with E-state index in [0.29, 0.717) is 5.03 Å².